The number of hydrogen-bond acceptors (Lipinski definition) is 2. The van der Waals surface area contributed by atoms with Crippen LogP contribution in [0.5, 0.6) is 0 Å². The Kier molecular flexibility index (Phi) is 7.38. The van der Waals surface area contributed by atoms with Crippen LogP contribution in [0.25, 0.3) is 0 Å². The zero-order valence-electron chi connectivity index (χ0n) is 19.3. The molecule has 0 spiro atoms. The third-order valence-corrected chi connectivity index (χ3v) is 6.74. The first-order valence-corrected chi connectivity index (χ1v) is 11.1. The number of carbonyl (C=O) groups excluding carboxylic acids is 2. The summed E-state index contributed by atoms with van der Waals surface area (Å²) >= 11 is 5.63. The lowest BCUT2D eigenvalue weighted by molar-refractivity contribution is -0.144. The third-order valence-electron chi connectivity index (χ3n) is 6.50. The average Bonchev–Trinajstić information content (AvgIpc) is 3.23. The van der Waals surface area contributed by atoms with Crippen molar-refractivity contribution in [2.24, 2.45) is 0 Å². The SMILES string of the molecule is CN(C(=O)C(C)(C)c1cc(C(F)(F)F)cc(C(F)(F)F)c1)[C@@H]1CN(C(=O)Cl)CC1c1ccc(F)cc1. The number of benzene rings is 2. The molecule has 0 radical (unpaired) electrons. The number of carbonyl (C=O) groups is 2. The van der Waals surface area contributed by atoms with Gasteiger partial charge in [-0.15, -0.1) is 0 Å². The Bertz CT molecular complexity index is 1110. The summed E-state index contributed by atoms with van der Waals surface area (Å²) in [4.78, 5) is 27.8. The summed E-state index contributed by atoms with van der Waals surface area (Å²) in [6.07, 6.45) is -10.1. The molecule has 2 amide bonds. The first kappa shape index (κ1) is 27.8. The molecule has 0 N–H and O–H groups in total. The Morgan fingerprint density at radius 3 is 1.81 bits per heavy atom. The zero-order valence-corrected chi connectivity index (χ0v) is 20.1. The highest BCUT2D eigenvalue weighted by molar-refractivity contribution is 6.62. The van der Waals surface area contributed by atoms with Crippen molar-refractivity contribution in [3.05, 3.63) is 70.5 Å². The van der Waals surface area contributed by atoms with Crippen molar-refractivity contribution >= 4 is 22.9 Å². The monoisotopic (exact) mass is 538 g/mol. The van der Waals surface area contributed by atoms with Crippen molar-refractivity contribution in [2.45, 2.75) is 43.6 Å². The normalized spacial score (nSPS) is 18.9. The Morgan fingerprint density at radius 1 is 0.889 bits per heavy atom. The highest BCUT2D eigenvalue weighted by Crippen LogP contribution is 2.40. The Labute approximate surface area is 207 Å². The molecule has 0 aliphatic carbocycles. The van der Waals surface area contributed by atoms with Gasteiger partial charge >= 0.3 is 17.7 Å². The summed E-state index contributed by atoms with van der Waals surface area (Å²) in [6, 6.07) is 5.68. The van der Waals surface area contributed by atoms with Gasteiger partial charge in [-0.05, 0) is 66.9 Å². The molecule has 1 aliphatic rings. The summed E-state index contributed by atoms with van der Waals surface area (Å²) < 4.78 is 93.7. The molecule has 1 heterocycles. The van der Waals surface area contributed by atoms with Gasteiger partial charge in [0.2, 0.25) is 5.91 Å². The zero-order chi connectivity index (χ0) is 27.2. The molecule has 12 heteroatoms. The van der Waals surface area contributed by atoms with Gasteiger partial charge in [0.1, 0.15) is 5.82 Å². The summed E-state index contributed by atoms with van der Waals surface area (Å²) in [7, 11) is 1.35. The van der Waals surface area contributed by atoms with E-state index >= 15 is 0 Å². The van der Waals surface area contributed by atoms with Crippen LogP contribution in [0.4, 0.5) is 35.5 Å². The molecule has 36 heavy (non-hydrogen) atoms. The molecular weight excluding hydrogens is 517 g/mol. The summed E-state index contributed by atoms with van der Waals surface area (Å²) in [5.74, 6) is -1.80. The van der Waals surface area contributed by atoms with Gasteiger partial charge in [0.15, 0.2) is 0 Å². The Balaban J connectivity index is 2.02. The Morgan fingerprint density at radius 2 is 1.36 bits per heavy atom. The van der Waals surface area contributed by atoms with Crippen molar-refractivity contribution in [3.63, 3.8) is 0 Å². The number of alkyl halides is 6. The maximum Gasteiger partial charge on any atom is 0.416 e. The Hall–Kier alpha value is -2.82. The molecule has 1 saturated heterocycles. The van der Waals surface area contributed by atoms with Crippen LogP contribution in [0, 0.1) is 5.82 Å². The van der Waals surface area contributed by atoms with Gasteiger partial charge in [0.25, 0.3) is 0 Å². The molecular formula is C24H22ClF7N2O2. The van der Waals surface area contributed by atoms with Gasteiger partial charge in [0.05, 0.1) is 22.6 Å². The van der Waals surface area contributed by atoms with Crippen LogP contribution in [0.15, 0.2) is 42.5 Å². The van der Waals surface area contributed by atoms with E-state index in [9.17, 15) is 40.3 Å². The van der Waals surface area contributed by atoms with Gasteiger partial charge in [0, 0.05) is 26.1 Å². The van der Waals surface area contributed by atoms with Gasteiger partial charge < -0.3 is 9.80 Å². The van der Waals surface area contributed by atoms with E-state index in [1.165, 1.54) is 55.0 Å². The number of halogens is 8. The molecule has 0 aromatic heterocycles. The predicted molar refractivity (Wildman–Crippen MR) is 118 cm³/mol. The van der Waals surface area contributed by atoms with Gasteiger partial charge in [-0.25, -0.2) is 4.39 Å². The van der Waals surface area contributed by atoms with E-state index in [0.29, 0.717) is 17.7 Å². The van der Waals surface area contributed by atoms with Gasteiger partial charge in [-0.2, -0.15) is 26.3 Å². The van der Waals surface area contributed by atoms with Crippen LogP contribution < -0.4 is 0 Å². The smallest absolute Gasteiger partial charge is 0.340 e. The largest absolute Gasteiger partial charge is 0.416 e. The van der Waals surface area contributed by atoms with E-state index in [0.717, 1.165) is 0 Å². The van der Waals surface area contributed by atoms with Crippen LogP contribution in [0.3, 0.4) is 0 Å². The molecule has 1 unspecified atom stereocenters. The van der Waals surface area contributed by atoms with Gasteiger partial charge in [-0.1, -0.05) is 12.1 Å². The maximum absolute atomic E-state index is 13.5. The fourth-order valence-corrected chi connectivity index (χ4v) is 4.53. The fraction of sp³-hybridized carbons (Fsp3) is 0.417. The number of nitrogens with zero attached hydrogens (tertiary/aromatic N) is 2. The van der Waals surface area contributed by atoms with E-state index in [4.69, 9.17) is 11.6 Å². The van der Waals surface area contributed by atoms with Crippen LogP contribution in [0.2, 0.25) is 0 Å². The molecule has 2 aromatic carbocycles. The van der Waals surface area contributed by atoms with Crippen molar-refractivity contribution in [3.8, 4) is 0 Å². The van der Waals surface area contributed by atoms with Crippen LogP contribution >= 0.6 is 11.6 Å². The van der Waals surface area contributed by atoms with Crippen LogP contribution in [0.1, 0.15) is 42.0 Å². The minimum Gasteiger partial charge on any atom is -0.340 e. The molecule has 0 bridgehead atoms. The van der Waals surface area contributed by atoms with Crippen LogP contribution in [-0.4, -0.2) is 47.3 Å². The molecule has 0 saturated carbocycles. The second-order valence-electron chi connectivity index (χ2n) is 9.22. The standard InChI is InChI=1S/C24H22ClF7N2O2/c1-22(2,14-8-15(23(27,28)29)10-16(9-14)24(30,31)32)20(35)33(3)19-12-34(21(25)36)11-18(19)13-4-6-17(26)7-5-13/h4-10,18-19H,11-12H2,1-3H3/t18?,19-/m1/s1. The maximum atomic E-state index is 13.5. The number of amides is 2. The number of likely N-dealkylation sites (tertiary alicyclic amines) is 1. The lowest BCUT2D eigenvalue weighted by Crippen LogP contribution is -2.49. The highest BCUT2D eigenvalue weighted by atomic mass is 35.5. The number of rotatable bonds is 4. The number of likely N-dealkylation sites (N-methyl/N-ethyl adjacent to an activating group) is 1. The molecule has 4 nitrogen and oxygen atoms in total. The van der Waals surface area contributed by atoms with Crippen molar-refractivity contribution in [2.75, 3.05) is 20.1 Å². The number of hydrogen-bond donors (Lipinski definition) is 0. The van der Waals surface area contributed by atoms with E-state index in [1.54, 1.807) is 0 Å². The summed E-state index contributed by atoms with van der Waals surface area (Å²) in [5, 5.41) is -0.794. The molecule has 1 aliphatic heterocycles. The lowest BCUT2D eigenvalue weighted by Gasteiger charge is -2.36. The first-order chi connectivity index (χ1) is 16.4. The summed E-state index contributed by atoms with van der Waals surface area (Å²) in [5.41, 5.74) is -4.75. The molecule has 196 valence electrons. The molecule has 2 atom stereocenters. The lowest BCUT2D eigenvalue weighted by atomic mass is 9.80. The topological polar surface area (TPSA) is 40.6 Å². The molecule has 1 fully saturated rings. The van der Waals surface area contributed by atoms with Crippen molar-refractivity contribution in [1.82, 2.24) is 9.80 Å². The van der Waals surface area contributed by atoms with Gasteiger partial charge in [-0.3, -0.25) is 9.59 Å². The molecule has 3 rings (SSSR count). The minimum atomic E-state index is -5.07. The fourth-order valence-electron chi connectivity index (χ4n) is 4.39. The van der Waals surface area contributed by atoms with E-state index < -0.39 is 63.5 Å². The molecule has 2 aromatic rings. The van der Waals surface area contributed by atoms with E-state index in [2.05, 4.69) is 0 Å². The quantitative estimate of drug-likeness (QED) is 0.256. The second-order valence-corrected chi connectivity index (χ2v) is 9.54. The van der Waals surface area contributed by atoms with E-state index in [-0.39, 0.29) is 19.2 Å². The minimum absolute atomic E-state index is 0.000729. The van der Waals surface area contributed by atoms with Crippen molar-refractivity contribution < 1.29 is 40.3 Å². The second kappa shape index (κ2) is 9.57. The van der Waals surface area contributed by atoms with E-state index in [1.807, 2.05) is 0 Å². The van der Waals surface area contributed by atoms with Crippen LogP contribution in [-0.2, 0) is 22.6 Å². The first-order valence-electron chi connectivity index (χ1n) is 10.7. The highest BCUT2D eigenvalue weighted by Gasteiger charge is 2.45. The van der Waals surface area contributed by atoms with Crippen molar-refractivity contribution in [1.29, 1.82) is 0 Å². The predicted octanol–water partition coefficient (Wildman–Crippen LogP) is 6.43. The summed E-state index contributed by atoms with van der Waals surface area (Å²) in [6.45, 7) is 2.51. The third kappa shape index (κ3) is 5.61. The average molecular weight is 539 g/mol.